The summed E-state index contributed by atoms with van der Waals surface area (Å²) >= 11 is 0. The van der Waals surface area contributed by atoms with Gasteiger partial charge >= 0.3 is 0 Å². The number of nitrogens with one attached hydrogen (secondary N) is 2. The second-order valence-electron chi connectivity index (χ2n) is 13.0. The number of ether oxygens (including phenoxy) is 2. The smallest absolute Gasteiger partial charge is 0.246 e. The average Bonchev–Trinajstić information content (AvgIpc) is 3.59. The molecule has 8 atom stereocenters. The van der Waals surface area contributed by atoms with Crippen LogP contribution in [0, 0.1) is 23.7 Å². The van der Waals surface area contributed by atoms with Gasteiger partial charge in [-0.1, -0.05) is 70.9 Å². The summed E-state index contributed by atoms with van der Waals surface area (Å²) in [5.41, 5.74) is -0.492. The standard InChI is InChI=1S/C33H45N3O5/c1-20-10-9-13-25(21(20)2)35-31(38)29-33-19-18-26(41-33)27(30(37)34-22-14-16-24(40-3)17-15-22)28(33)32(39)36(29)23-11-7-5-4-6-8-12-23/h14-21,23,25-29H,4-13H2,1-3H3,(H,34,37)(H,35,38)/t20-,21+,25+,26+,27-,28+,29+,33+/m0/s1. The molecule has 0 aromatic heterocycles. The van der Waals surface area contributed by atoms with Crippen LogP contribution in [0.5, 0.6) is 5.75 Å². The molecule has 0 radical (unpaired) electrons. The van der Waals surface area contributed by atoms with Crippen molar-refractivity contribution in [2.75, 3.05) is 12.4 Å². The lowest BCUT2D eigenvalue weighted by molar-refractivity contribution is -0.144. The molecular weight excluding hydrogens is 518 g/mol. The van der Waals surface area contributed by atoms with E-state index in [0.29, 0.717) is 23.3 Å². The predicted molar refractivity (Wildman–Crippen MR) is 156 cm³/mol. The summed E-state index contributed by atoms with van der Waals surface area (Å²) in [5, 5.41) is 6.39. The van der Waals surface area contributed by atoms with Gasteiger partial charge < -0.3 is 25.0 Å². The Balaban J connectivity index is 1.31. The van der Waals surface area contributed by atoms with Crippen LogP contribution in [0.2, 0.25) is 0 Å². The topological polar surface area (TPSA) is 97.0 Å². The summed E-state index contributed by atoms with van der Waals surface area (Å²) in [7, 11) is 1.60. The Morgan fingerprint density at radius 3 is 2.37 bits per heavy atom. The molecule has 2 aliphatic carbocycles. The minimum Gasteiger partial charge on any atom is -0.497 e. The Labute approximate surface area is 243 Å². The number of hydrogen-bond donors (Lipinski definition) is 2. The zero-order valence-corrected chi connectivity index (χ0v) is 24.6. The third-order valence-electron chi connectivity index (χ3n) is 10.7. The van der Waals surface area contributed by atoms with E-state index in [1.165, 1.54) is 12.8 Å². The summed E-state index contributed by atoms with van der Waals surface area (Å²) in [5.74, 6) is -0.305. The summed E-state index contributed by atoms with van der Waals surface area (Å²) in [6.45, 7) is 4.48. The molecule has 3 heterocycles. The second-order valence-corrected chi connectivity index (χ2v) is 13.0. The number of anilines is 1. The zero-order valence-electron chi connectivity index (χ0n) is 24.6. The molecule has 41 heavy (non-hydrogen) atoms. The maximum Gasteiger partial charge on any atom is 0.246 e. The van der Waals surface area contributed by atoms with E-state index >= 15 is 0 Å². The number of nitrogens with zero attached hydrogens (tertiary/aromatic N) is 1. The fourth-order valence-electron chi connectivity index (χ4n) is 8.26. The van der Waals surface area contributed by atoms with Crippen LogP contribution >= 0.6 is 0 Å². The molecule has 8 nitrogen and oxygen atoms in total. The molecule has 3 amide bonds. The normalized spacial score (nSPS) is 36.9. The number of carbonyl (C=O) groups excluding carboxylic acids is 3. The van der Waals surface area contributed by atoms with Crippen molar-refractivity contribution in [1.29, 1.82) is 0 Å². The molecule has 4 fully saturated rings. The van der Waals surface area contributed by atoms with Gasteiger partial charge in [-0.05, 0) is 55.4 Å². The number of rotatable bonds is 6. The van der Waals surface area contributed by atoms with E-state index in [1.807, 2.05) is 17.1 Å². The van der Waals surface area contributed by atoms with Crippen LogP contribution in [0.25, 0.3) is 0 Å². The lowest BCUT2D eigenvalue weighted by atomic mass is 9.73. The molecule has 0 unspecified atom stereocenters. The SMILES string of the molecule is COc1ccc(NC(=O)[C@H]2[C@H]3C=C[C@@]4(O3)[C@H]2C(=O)N(C2CCCCCCC2)[C@@H]4C(=O)N[C@@H]2CCC[C@H](C)[C@H]2C)cc1. The van der Waals surface area contributed by atoms with E-state index in [0.717, 1.165) is 51.4 Å². The molecule has 2 saturated carbocycles. The number of hydrogen-bond acceptors (Lipinski definition) is 5. The first-order valence-corrected chi connectivity index (χ1v) is 15.8. The highest BCUT2D eigenvalue weighted by molar-refractivity contribution is 6.03. The van der Waals surface area contributed by atoms with Crippen LogP contribution in [0.15, 0.2) is 36.4 Å². The summed E-state index contributed by atoms with van der Waals surface area (Å²) < 4.78 is 11.8. The van der Waals surface area contributed by atoms with Crippen LogP contribution in [0.4, 0.5) is 5.69 Å². The number of carbonyl (C=O) groups is 3. The zero-order chi connectivity index (χ0) is 28.7. The molecule has 222 valence electrons. The third kappa shape index (κ3) is 4.96. The molecule has 1 spiro atoms. The number of likely N-dealkylation sites (tertiary alicyclic amines) is 1. The van der Waals surface area contributed by atoms with E-state index in [2.05, 4.69) is 24.5 Å². The van der Waals surface area contributed by atoms with Crippen molar-refractivity contribution < 1.29 is 23.9 Å². The minimum atomic E-state index is -1.13. The van der Waals surface area contributed by atoms with Crippen molar-refractivity contribution in [1.82, 2.24) is 10.2 Å². The van der Waals surface area contributed by atoms with Gasteiger partial charge in [-0.2, -0.15) is 0 Å². The molecule has 8 heteroatoms. The Hall–Kier alpha value is -2.87. The molecule has 2 N–H and O–H groups in total. The van der Waals surface area contributed by atoms with Gasteiger partial charge in [0, 0.05) is 17.8 Å². The maximum absolute atomic E-state index is 14.5. The minimum absolute atomic E-state index is 0.0254. The number of methoxy groups -OCH3 is 1. The van der Waals surface area contributed by atoms with Gasteiger partial charge in [0.05, 0.1) is 25.0 Å². The summed E-state index contributed by atoms with van der Waals surface area (Å²) in [4.78, 5) is 44.5. The van der Waals surface area contributed by atoms with E-state index < -0.39 is 29.6 Å². The van der Waals surface area contributed by atoms with E-state index in [1.54, 1.807) is 31.4 Å². The third-order valence-corrected chi connectivity index (χ3v) is 10.7. The van der Waals surface area contributed by atoms with Crippen molar-refractivity contribution in [3.63, 3.8) is 0 Å². The van der Waals surface area contributed by atoms with Crippen molar-refractivity contribution in [3.05, 3.63) is 36.4 Å². The van der Waals surface area contributed by atoms with Crippen molar-refractivity contribution in [3.8, 4) is 5.75 Å². The highest BCUT2D eigenvalue weighted by Gasteiger charge is 2.73. The van der Waals surface area contributed by atoms with Crippen LogP contribution in [-0.4, -0.2) is 59.6 Å². The van der Waals surface area contributed by atoms with Gasteiger partial charge in [0.15, 0.2) is 0 Å². The Morgan fingerprint density at radius 2 is 1.66 bits per heavy atom. The summed E-state index contributed by atoms with van der Waals surface area (Å²) in [6.07, 6.45) is 13.9. The quantitative estimate of drug-likeness (QED) is 0.483. The first kappa shape index (κ1) is 28.3. The first-order chi connectivity index (χ1) is 19.8. The van der Waals surface area contributed by atoms with Gasteiger partial charge in [0.1, 0.15) is 17.4 Å². The molecule has 1 aromatic carbocycles. The van der Waals surface area contributed by atoms with Crippen molar-refractivity contribution in [2.24, 2.45) is 23.7 Å². The molecular formula is C33H45N3O5. The Kier molecular flexibility index (Phi) is 7.88. The average molecular weight is 564 g/mol. The maximum atomic E-state index is 14.5. The van der Waals surface area contributed by atoms with Crippen LogP contribution in [-0.2, 0) is 19.1 Å². The van der Waals surface area contributed by atoms with Gasteiger partial charge in [0.25, 0.3) is 0 Å². The fourth-order valence-corrected chi connectivity index (χ4v) is 8.26. The van der Waals surface area contributed by atoms with Crippen LogP contribution in [0.1, 0.15) is 78.1 Å². The number of amides is 3. The summed E-state index contributed by atoms with van der Waals surface area (Å²) in [6, 6.07) is 6.44. The Bertz CT molecular complexity index is 1180. The molecule has 2 saturated heterocycles. The van der Waals surface area contributed by atoms with E-state index in [9.17, 15) is 14.4 Å². The number of benzene rings is 1. The van der Waals surface area contributed by atoms with Crippen LogP contribution in [0.3, 0.4) is 0 Å². The lowest BCUT2D eigenvalue weighted by Gasteiger charge is -2.40. The van der Waals surface area contributed by atoms with Crippen LogP contribution < -0.4 is 15.4 Å². The van der Waals surface area contributed by atoms with Gasteiger partial charge in [0.2, 0.25) is 17.7 Å². The van der Waals surface area contributed by atoms with Crippen molar-refractivity contribution in [2.45, 2.75) is 108 Å². The molecule has 6 rings (SSSR count). The second kappa shape index (κ2) is 11.4. The fraction of sp³-hybridized carbons (Fsp3) is 0.667. The lowest BCUT2D eigenvalue weighted by Crippen LogP contribution is -2.59. The highest BCUT2D eigenvalue weighted by Crippen LogP contribution is 2.56. The van der Waals surface area contributed by atoms with Crippen molar-refractivity contribution >= 4 is 23.4 Å². The predicted octanol–water partition coefficient (Wildman–Crippen LogP) is 4.84. The van der Waals surface area contributed by atoms with Gasteiger partial charge in [-0.3, -0.25) is 14.4 Å². The number of fused-ring (bicyclic) bond motifs is 1. The monoisotopic (exact) mass is 563 g/mol. The first-order valence-electron chi connectivity index (χ1n) is 15.8. The van der Waals surface area contributed by atoms with E-state index in [-0.39, 0.29) is 29.8 Å². The van der Waals surface area contributed by atoms with Gasteiger partial charge in [-0.15, -0.1) is 0 Å². The largest absolute Gasteiger partial charge is 0.497 e. The molecule has 2 bridgehead atoms. The highest BCUT2D eigenvalue weighted by atomic mass is 16.5. The van der Waals surface area contributed by atoms with E-state index in [4.69, 9.17) is 9.47 Å². The molecule has 5 aliphatic rings. The molecule has 3 aliphatic heterocycles. The van der Waals surface area contributed by atoms with Gasteiger partial charge in [-0.25, -0.2) is 0 Å². The molecule has 1 aromatic rings. The Morgan fingerprint density at radius 1 is 0.951 bits per heavy atom.